The molecule has 5 nitrogen and oxygen atoms in total. The Hall–Kier alpha value is -0.810. The van der Waals surface area contributed by atoms with Gasteiger partial charge in [-0.3, -0.25) is 0 Å². The average Bonchev–Trinajstić information content (AvgIpc) is 2.34. The van der Waals surface area contributed by atoms with Gasteiger partial charge in [0.15, 0.2) is 0 Å². The Balaban J connectivity index is 2.59. The molecule has 1 rings (SSSR count). The molecule has 5 heteroatoms. The topological polar surface area (TPSA) is 61.8 Å². The Bertz CT molecular complexity index is 246. The number of hydrogen-bond acceptors (Lipinski definition) is 4. The Kier molecular flexibility index (Phi) is 5.71. The highest BCUT2D eigenvalue weighted by atomic mass is 16.5. The molecule has 0 radical (unpaired) electrons. The minimum Gasteiger partial charge on any atom is -0.453 e. The molecule has 1 heterocycles. The third-order valence-corrected chi connectivity index (χ3v) is 3.28. The van der Waals surface area contributed by atoms with Crippen molar-refractivity contribution >= 4 is 6.09 Å². The predicted octanol–water partition coefficient (Wildman–Crippen LogP) is 0.824. The summed E-state index contributed by atoms with van der Waals surface area (Å²) in [7, 11) is 1.39. The van der Waals surface area contributed by atoms with Gasteiger partial charge in [0, 0.05) is 25.0 Å². The number of methoxy groups -OCH3 is 1. The van der Waals surface area contributed by atoms with Crippen LogP contribution in [0.25, 0.3) is 0 Å². The number of nitrogens with zero attached hydrogens (tertiary/aromatic N) is 1. The zero-order valence-electron chi connectivity index (χ0n) is 11.0. The van der Waals surface area contributed by atoms with Crippen molar-refractivity contribution in [1.29, 1.82) is 0 Å². The number of likely N-dealkylation sites (tertiary alicyclic amines) is 1. The van der Waals surface area contributed by atoms with Crippen LogP contribution >= 0.6 is 0 Å². The fourth-order valence-corrected chi connectivity index (χ4v) is 2.26. The molecule has 1 amide bonds. The highest BCUT2D eigenvalue weighted by molar-refractivity contribution is 5.67. The smallest absolute Gasteiger partial charge is 0.409 e. The summed E-state index contributed by atoms with van der Waals surface area (Å²) < 4.78 is 4.75. The first-order chi connectivity index (χ1) is 8.08. The molecule has 3 atom stereocenters. The van der Waals surface area contributed by atoms with E-state index in [1.165, 1.54) is 7.11 Å². The van der Waals surface area contributed by atoms with E-state index >= 15 is 0 Å². The van der Waals surface area contributed by atoms with Crippen LogP contribution in [0.3, 0.4) is 0 Å². The molecular formula is C12H24N2O3. The molecule has 1 aliphatic rings. The minimum atomic E-state index is -0.395. The monoisotopic (exact) mass is 244 g/mol. The van der Waals surface area contributed by atoms with Crippen molar-refractivity contribution in [2.45, 2.75) is 38.8 Å². The van der Waals surface area contributed by atoms with E-state index in [-0.39, 0.29) is 18.1 Å². The van der Waals surface area contributed by atoms with Crippen LogP contribution in [0, 0.1) is 5.92 Å². The van der Waals surface area contributed by atoms with Crippen LogP contribution in [0.4, 0.5) is 4.79 Å². The second-order valence-electron chi connectivity index (χ2n) is 4.76. The van der Waals surface area contributed by atoms with E-state index in [0.29, 0.717) is 13.1 Å². The van der Waals surface area contributed by atoms with Gasteiger partial charge in [-0.2, -0.15) is 0 Å². The van der Waals surface area contributed by atoms with Crippen LogP contribution in [-0.4, -0.2) is 55.0 Å². The maximum absolute atomic E-state index is 11.5. The number of amides is 1. The Morgan fingerprint density at radius 3 is 2.82 bits per heavy atom. The molecule has 0 spiro atoms. The van der Waals surface area contributed by atoms with Gasteiger partial charge in [-0.1, -0.05) is 6.92 Å². The number of piperidine rings is 1. The highest BCUT2D eigenvalue weighted by Gasteiger charge is 2.32. The molecular weight excluding hydrogens is 220 g/mol. The predicted molar refractivity (Wildman–Crippen MR) is 65.8 cm³/mol. The van der Waals surface area contributed by atoms with Crippen LogP contribution in [-0.2, 0) is 4.74 Å². The van der Waals surface area contributed by atoms with Crippen molar-refractivity contribution in [3.05, 3.63) is 0 Å². The molecule has 17 heavy (non-hydrogen) atoms. The molecule has 0 aromatic rings. The number of aliphatic hydroxyl groups excluding tert-OH is 1. The number of ether oxygens (including phenoxy) is 1. The quantitative estimate of drug-likeness (QED) is 0.768. The zero-order chi connectivity index (χ0) is 12.8. The lowest BCUT2D eigenvalue weighted by molar-refractivity contribution is 0.0428. The van der Waals surface area contributed by atoms with Gasteiger partial charge in [0.05, 0.1) is 13.2 Å². The summed E-state index contributed by atoms with van der Waals surface area (Å²) in [6.45, 7) is 6.07. The van der Waals surface area contributed by atoms with Crippen molar-refractivity contribution in [2.75, 3.05) is 26.7 Å². The molecule has 2 N–H and O–H groups in total. The summed E-state index contributed by atoms with van der Waals surface area (Å²) in [4.78, 5) is 13.2. The SMILES string of the molecule is CCCNC1CC(C(C)O)CN(C(=O)OC)C1. The van der Waals surface area contributed by atoms with E-state index < -0.39 is 6.10 Å². The van der Waals surface area contributed by atoms with E-state index in [0.717, 1.165) is 19.4 Å². The highest BCUT2D eigenvalue weighted by Crippen LogP contribution is 2.20. The van der Waals surface area contributed by atoms with E-state index in [4.69, 9.17) is 4.74 Å². The van der Waals surface area contributed by atoms with Gasteiger partial charge in [-0.05, 0) is 26.3 Å². The fourth-order valence-electron chi connectivity index (χ4n) is 2.26. The Morgan fingerprint density at radius 2 is 2.29 bits per heavy atom. The van der Waals surface area contributed by atoms with Crippen LogP contribution in [0.5, 0.6) is 0 Å². The molecule has 0 saturated carbocycles. The molecule has 0 aromatic heterocycles. The lowest BCUT2D eigenvalue weighted by atomic mass is 9.90. The van der Waals surface area contributed by atoms with Crippen molar-refractivity contribution < 1.29 is 14.6 Å². The average molecular weight is 244 g/mol. The van der Waals surface area contributed by atoms with Gasteiger partial charge in [0.2, 0.25) is 0 Å². The lowest BCUT2D eigenvalue weighted by Crippen LogP contribution is -2.53. The maximum Gasteiger partial charge on any atom is 0.409 e. The fraction of sp³-hybridized carbons (Fsp3) is 0.917. The summed E-state index contributed by atoms with van der Waals surface area (Å²) in [6, 6.07) is 0.252. The van der Waals surface area contributed by atoms with Gasteiger partial charge < -0.3 is 20.1 Å². The molecule has 0 aliphatic carbocycles. The van der Waals surface area contributed by atoms with Crippen molar-refractivity contribution in [2.24, 2.45) is 5.92 Å². The third-order valence-electron chi connectivity index (χ3n) is 3.28. The van der Waals surface area contributed by atoms with Crippen LogP contribution in [0.1, 0.15) is 26.7 Å². The van der Waals surface area contributed by atoms with Gasteiger partial charge in [-0.25, -0.2) is 4.79 Å². The van der Waals surface area contributed by atoms with Crippen LogP contribution < -0.4 is 5.32 Å². The molecule has 3 unspecified atom stereocenters. The summed E-state index contributed by atoms with van der Waals surface area (Å²) in [6.07, 6.45) is 1.27. The van der Waals surface area contributed by atoms with Crippen molar-refractivity contribution in [3.63, 3.8) is 0 Å². The molecule has 1 aliphatic heterocycles. The summed E-state index contributed by atoms with van der Waals surface area (Å²) in [5.74, 6) is 0.122. The first kappa shape index (κ1) is 14.3. The van der Waals surface area contributed by atoms with E-state index in [1.54, 1.807) is 11.8 Å². The molecule has 0 aromatic carbocycles. The number of rotatable bonds is 4. The zero-order valence-corrected chi connectivity index (χ0v) is 11.0. The standard InChI is InChI=1S/C12H24N2O3/c1-4-5-13-11-6-10(9(2)15)7-14(8-11)12(16)17-3/h9-11,13,15H,4-8H2,1-3H3. The minimum absolute atomic E-state index is 0.122. The second-order valence-corrected chi connectivity index (χ2v) is 4.76. The number of nitrogens with one attached hydrogen (secondary N) is 1. The van der Waals surface area contributed by atoms with Crippen molar-refractivity contribution in [1.82, 2.24) is 10.2 Å². The number of carbonyl (C=O) groups excluding carboxylic acids is 1. The number of hydrogen-bond donors (Lipinski definition) is 2. The van der Waals surface area contributed by atoms with Gasteiger partial charge in [-0.15, -0.1) is 0 Å². The lowest BCUT2D eigenvalue weighted by Gasteiger charge is -2.38. The first-order valence-corrected chi connectivity index (χ1v) is 6.32. The molecule has 0 bridgehead atoms. The van der Waals surface area contributed by atoms with Crippen LogP contribution in [0.2, 0.25) is 0 Å². The second kappa shape index (κ2) is 6.81. The number of aliphatic hydroxyl groups is 1. The molecule has 1 saturated heterocycles. The molecule has 1 fully saturated rings. The maximum atomic E-state index is 11.5. The Morgan fingerprint density at radius 1 is 1.59 bits per heavy atom. The van der Waals surface area contributed by atoms with Gasteiger partial charge in [0.1, 0.15) is 0 Å². The first-order valence-electron chi connectivity index (χ1n) is 6.32. The summed E-state index contributed by atoms with van der Waals surface area (Å²) >= 11 is 0. The summed E-state index contributed by atoms with van der Waals surface area (Å²) in [5.41, 5.74) is 0. The van der Waals surface area contributed by atoms with Gasteiger partial charge in [0.25, 0.3) is 0 Å². The Labute approximate surface area is 103 Å². The van der Waals surface area contributed by atoms with E-state index in [2.05, 4.69) is 12.2 Å². The molecule has 100 valence electrons. The van der Waals surface area contributed by atoms with Crippen LogP contribution in [0.15, 0.2) is 0 Å². The summed E-state index contributed by atoms with van der Waals surface area (Å²) in [5, 5.41) is 13.1. The van der Waals surface area contributed by atoms with E-state index in [9.17, 15) is 9.90 Å². The largest absolute Gasteiger partial charge is 0.453 e. The van der Waals surface area contributed by atoms with E-state index in [1.807, 2.05) is 0 Å². The van der Waals surface area contributed by atoms with Crippen molar-refractivity contribution in [3.8, 4) is 0 Å². The number of carbonyl (C=O) groups is 1. The third kappa shape index (κ3) is 4.16. The van der Waals surface area contributed by atoms with Gasteiger partial charge >= 0.3 is 6.09 Å². The normalized spacial score (nSPS) is 26.7.